The van der Waals surface area contributed by atoms with Gasteiger partial charge in [-0.05, 0) is 49.4 Å². The third kappa shape index (κ3) is 1.29. The van der Waals surface area contributed by atoms with Crippen molar-refractivity contribution in [1.29, 1.82) is 0 Å². The molecule has 14 heavy (non-hydrogen) atoms. The summed E-state index contributed by atoms with van der Waals surface area (Å²) in [7, 11) is 0. The summed E-state index contributed by atoms with van der Waals surface area (Å²) >= 11 is 0. The van der Waals surface area contributed by atoms with Gasteiger partial charge in [0.05, 0.1) is 5.52 Å². The standard InChI is InChI=1S/C13H13N/c1-9-2-3-12-8-11(10-4-5-10)6-7-13(12)14-9/h2-3,6-8,10H,4-5H2,1H3. The van der Waals surface area contributed by atoms with Crippen LogP contribution in [0.25, 0.3) is 10.9 Å². The number of rotatable bonds is 1. The maximum atomic E-state index is 4.50. The fraction of sp³-hybridized carbons (Fsp3) is 0.308. The number of hydrogen-bond donors (Lipinski definition) is 0. The highest BCUT2D eigenvalue weighted by molar-refractivity contribution is 5.79. The van der Waals surface area contributed by atoms with Crippen molar-refractivity contribution < 1.29 is 0 Å². The summed E-state index contributed by atoms with van der Waals surface area (Å²) in [5, 5.41) is 1.28. The summed E-state index contributed by atoms with van der Waals surface area (Å²) in [6.07, 6.45) is 2.73. The normalized spacial score (nSPS) is 16.1. The van der Waals surface area contributed by atoms with E-state index in [1.807, 2.05) is 6.92 Å². The van der Waals surface area contributed by atoms with Crippen LogP contribution in [0.15, 0.2) is 30.3 Å². The molecule has 0 aliphatic heterocycles. The van der Waals surface area contributed by atoms with E-state index < -0.39 is 0 Å². The number of hydrogen-bond acceptors (Lipinski definition) is 1. The molecule has 0 bridgehead atoms. The first-order valence-electron chi connectivity index (χ1n) is 5.20. The fourth-order valence-corrected chi connectivity index (χ4v) is 1.92. The van der Waals surface area contributed by atoms with Crippen LogP contribution in [0, 0.1) is 6.92 Å². The molecule has 0 amide bonds. The number of nitrogens with zero attached hydrogens (tertiary/aromatic N) is 1. The zero-order valence-corrected chi connectivity index (χ0v) is 8.33. The third-order valence-electron chi connectivity index (χ3n) is 2.90. The Kier molecular flexibility index (Phi) is 1.60. The van der Waals surface area contributed by atoms with Crippen molar-refractivity contribution in [3.05, 3.63) is 41.6 Å². The minimum atomic E-state index is 0.834. The molecule has 3 rings (SSSR count). The highest BCUT2D eigenvalue weighted by Gasteiger charge is 2.23. The summed E-state index contributed by atoms with van der Waals surface area (Å²) in [5.41, 5.74) is 3.70. The summed E-state index contributed by atoms with van der Waals surface area (Å²) in [6.45, 7) is 2.04. The van der Waals surface area contributed by atoms with Gasteiger partial charge in [-0.3, -0.25) is 4.98 Å². The Morgan fingerprint density at radius 3 is 2.79 bits per heavy atom. The molecule has 1 aliphatic rings. The van der Waals surface area contributed by atoms with Gasteiger partial charge in [0.25, 0.3) is 0 Å². The molecule has 1 nitrogen and oxygen atoms in total. The first kappa shape index (κ1) is 7.98. The van der Waals surface area contributed by atoms with Crippen LogP contribution in [0.1, 0.15) is 30.0 Å². The van der Waals surface area contributed by atoms with Crippen LogP contribution in [-0.2, 0) is 0 Å². The lowest BCUT2D eigenvalue weighted by Gasteiger charge is -2.02. The molecule has 0 N–H and O–H groups in total. The van der Waals surface area contributed by atoms with Crippen LogP contribution >= 0.6 is 0 Å². The van der Waals surface area contributed by atoms with Crippen molar-refractivity contribution >= 4 is 10.9 Å². The molecular weight excluding hydrogens is 170 g/mol. The average molecular weight is 183 g/mol. The molecule has 1 saturated carbocycles. The van der Waals surface area contributed by atoms with E-state index in [1.165, 1.54) is 23.8 Å². The minimum Gasteiger partial charge on any atom is -0.253 e. The largest absolute Gasteiger partial charge is 0.253 e. The highest BCUT2D eigenvalue weighted by Crippen LogP contribution is 2.40. The number of pyridine rings is 1. The zero-order valence-electron chi connectivity index (χ0n) is 8.33. The van der Waals surface area contributed by atoms with Crippen molar-refractivity contribution in [1.82, 2.24) is 4.98 Å². The summed E-state index contributed by atoms with van der Waals surface area (Å²) in [6, 6.07) is 10.9. The second-order valence-corrected chi connectivity index (χ2v) is 4.18. The molecule has 70 valence electrons. The smallest absolute Gasteiger partial charge is 0.0705 e. The van der Waals surface area contributed by atoms with Gasteiger partial charge in [-0.25, -0.2) is 0 Å². The van der Waals surface area contributed by atoms with E-state index >= 15 is 0 Å². The molecule has 1 heterocycles. The van der Waals surface area contributed by atoms with Gasteiger partial charge in [0.2, 0.25) is 0 Å². The molecule has 1 aliphatic carbocycles. The lowest BCUT2D eigenvalue weighted by molar-refractivity contribution is 1.13. The van der Waals surface area contributed by atoms with Gasteiger partial charge in [0, 0.05) is 11.1 Å². The molecule has 1 aromatic carbocycles. The van der Waals surface area contributed by atoms with Gasteiger partial charge in [-0.1, -0.05) is 12.1 Å². The van der Waals surface area contributed by atoms with Crippen molar-refractivity contribution in [2.45, 2.75) is 25.7 Å². The second-order valence-electron chi connectivity index (χ2n) is 4.18. The van der Waals surface area contributed by atoms with Crippen LogP contribution in [0.4, 0.5) is 0 Å². The topological polar surface area (TPSA) is 12.9 Å². The zero-order chi connectivity index (χ0) is 9.54. The van der Waals surface area contributed by atoms with Gasteiger partial charge in [0.15, 0.2) is 0 Å². The Hall–Kier alpha value is -1.37. The maximum Gasteiger partial charge on any atom is 0.0705 e. The quantitative estimate of drug-likeness (QED) is 0.660. The number of aromatic nitrogens is 1. The van der Waals surface area contributed by atoms with Crippen molar-refractivity contribution in [2.24, 2.45) is 0 Å². The first-order valence-corrected chi connectivity index (χ1v) is 5.20. The van der Waals surface area contributed by atoms with Crippen LogP contribution in [-0.4, -0.2) is 4.98 Å². The fourth-order valence-electron chi connectivity index (χ4n) is 1.92. The van der Waals surface area contributed by atoms with Crippen LogP contribution < -0.4 is 0 Å². The molecular formula is C13H13N. The van der Waals surface area contributed by atoms with Gasteiger partial charge >= 0.3 is 0 Å². The summed E-state index contributed by atoms with van der Waals surface area (Å²) in [5.74, 6) is 0.834. The molecule has 0 radical (unpaired) electrons. The van der Waals surface area contributed by atoms with Crippen LogP contribution in [0.3, 0.4) is 0 Å². The SMILES string of the molecule is Cc1ccc2cc(C3CC3)ccc2n1. The minimum absolute atomic E-state index is 0.834. The molecule has 1 fully saturated rings. The highest BCUT2D eigenvalue weighted by atomic mass is 14.7. The molecule has 0 spiro atoms. The van der Waals surface area contributed by atoms with E-state index in [1.54, 1.807) is 0 Å². The number of fused-ring (bicyclic) bond motifs is 1. The van der Waals surface area contributed by atoms with E-state index in [0.29, 0.717) is 0 Å². The predicted molar refractivity (Wildman–Crippen MR) is 58.5 cm³/mol. The number of benzene rings is 1. The van der Waals surface area contributed by atoms with Crippen molar-refractivity contribution in [2.75, 3.05) is 0 Å². The van der Waals surface area contributed by atoms with Gasteiger partial charge < -0.3 is 0 Å². The van der Waals surface area contributed by atoms with E-state index in [4.69, 9.17) is 0 Å². The molecule has 0 atom stereocenters. The van der Waals surface area contributed by atoms with Gasteiger partial charge in [-0.15, -0.1) is 0 Å². The Morgan fingerprint density at radius 2 is 2.00 bits per heavy atom. The first-order chi connectivity index (χ1) is 6.83. The molecule has 1 heteroatoms. The van der Waals surface area contributed by atoms with Crippen molar-refractivity contribution in [3.8, 4) is 0 Å². The van der Waals surface area contributed by atoms with Crippen LogP contribution in [0.5, 0.6) is 0 Å². The predicted octanol–water partition coefficient (Wildman–Crippen LogP) is 3.42. The average Bonchev–Trinajstić information content (AvgIpc) is 3.00. The Labute approximate surface area is 83.8 Å². The van der Waals surface area contributed by atoms with Gasteiger partial charge in [0.1, 0.15) is 0 Å². The molecule has 0 unspecified atom stereocenters. The number of aryl methyl sites for hydroxylation is 1. The summed E-state index contributed by atoms with van der Waals surface area (Å²) < 4.78 is 0. The molecule has 0 saturated heterocycles. The van der Waals surface area contributed by atoms with E-state index in [2.05, 4.69) is 35.3 Å². The Bertz CT molecular complexity index is 484. The third-order valence-corrected chi connectivity index (χ3v) is 2.90. The monoisotopic (exact) mass is 183 g/mol. The maximum absolute atomic E-state index is 4.50. The lowest BCUT2D eigenvalue weighted by atomic mass is 10.1. The van der Waals surface area contributed by atoms with Crippen molar-refractivity contribution in [3.63, 3.8) is 0 Å². The molecule has 2 aromatic rings. The van der Waals surface area contributed by atoms with E-state index in [0.717, 1.165) is 17.1 Å². The second kappa shape index (κ2) is 2.81. The van der Waals surface area contributed by atoms with E-state index in [-0.39, 0.29) is 0 Å². The molecule has 1 aromatic heterocycles. The van der Waals surface area contributed by atoms with Crippen LogP contribution in [0.2, 0.25) is 0 Å². The Balaban J connectivity index is 2.18. The lowest BCUT2D eigenvalue weighted by Crippen LogP contribution is -1.85. The van der Waals surface area contributed by atoms with Gasteiger partial charge in [-0.2, -0.15) is 0 Å². The van der Waals surface area contributed by atoms with E-state index in [9.17, 15) is 0 Å². The summed E-state index contributed by atoms with van der Waals surface area (Å²) in [4.78, 5) is 4.50. The Morgan fingerprint density at radius 1 is 1.14 bits per heavy atom.